The molecule has 2 aromatic carbocycles. The Morgan fingerprint density at radius 2 is 1.53 bits per heavy atom. The van der Waals surface area contributed by atoms with Crippen molar-refractivity contribution in [2.75, 3.05) is 6.54 Å². The molecule has 0 radical (unpaired) electrons. The first-order valence-corrected chi connectivity index (χ1v) is 9.27. The van der Waals surface area contributed by atoms with Gasteiger partial charge in [0.15, 0.2) is 0 Å². The standard InChI is InChI=1S/C21H19F6NO2/c22-20(23,24)15-9-14(10-16(11-15)21(25,26)27)19(30)28-7-6-18(29)12-17(28)8-13-4-2-1-3-5-13/h1-5,9-11,17-18,29H,6-8,12H2. The number of carbonyl (C=O) groups excluding carboxylic acids is 1. The second kappa shape index (κ2) is 8.29. The van der Waals surface area contributed by atoms with Crippen LogP contribution in [0.3, 0.4) is 0 Å². The van der Waals surface area contributed by atoms with E-state index in [9.17, 15) is 36.2 Å². The Labute approximate surface area is 168 Å². The number of alkyl halides is 6. The van der Waals surface area contributed by atoms with Gasteiger partial charge in [-0.05, 0) is 43.0 Å². The lowest BCUT2D eigenvalue weighted by Crippen LogP contribution is -2.48. The van der Waals surface area contributed by atoms with Crippen molar-refractivity contribution in [2.24, 2.45) is 0 Å². The molecule has 1 saturated heterocycles. The fraction of sp³-hybridized carbons (Fsp3) is 0.381. The SMILES string of the molecule is O=C(c1cc(C(F)(F)F)cc(C(F)(F)F)c1)N1CCC(O)CC1Cc1ccccc1. The van der Waals surface area contributed by atoms with E-state index in [1.54, 1.807) is 30.3 Å². The highest BCUT2D eigenvalue weighted by molar-refractivity contribution is 5.95. The smallest absolute Gasteiger partial charge is 0.393 e. The maximum absolute atomic E-state index is 13.1. The van der Waals surface area contributed by atoms with Crippen molar-refractivity contribution in [1.82, 2.24) is 4.90 Å². The average Bonchev–Trinajstić information content (AvgIpc) is 2.67. The molecule has 9 heteroatoms. The Balaban J connectivity index is 1.96. The van der Waals surface area contributed by atoms with Gasteiger partial charge in [0.2, 0.25) is 0 Å². The summed E-state index contributed by atoms with van der Waals surface area (Å²) in [5.74, 6) is -0.917. The summed E-state index contributed by atoms with van der Waals surface area (Å²) in [4.78, 5) is 14.2. The molecule has 0 bridgehead atoms. The largest absolute Gasteiger partial charge is 0.416 e. The van der Waals surface area contributed by atoms with Gasteiger partial charge in [0.25, 0.3) is 5.91 Å². The van der Waals surface area contributed by atoms with E-state index in [0.717, 1.165) is 5.56 Å². The van der Waals surface area contributed by atoms with E-state index < -0.39 is 47.1 Å². The number of benzene rings is 2. The molecule has 3 rings (SSSR count). The van der Waals surface area contributed by atoms with Crippen molar-refractivity contribution in [1.29, 1.82) is 0 Å². The first-order valence-electron chi connectivity index (χ1n) is 9.27. The predicted octanol–water partition coefficient (Wildman–Crippen LogP) is 4.93. The number of aliphatic hydroxyl groups excluding tert-OH is 1. The molecular formula is C21H19F6NO2. The Kier molecular flexibility index (Phi) is 6.12. The van der Waals surface area contributed by atoms with Gasteiger partial charge in [0.1, 0.15) is 0 Å². The molecular weight excluding hydrogens is 412 g/mol. The Morgan fingerprint density at radius 3 is 2.07 bits per heavy atom. The molecule has 30 heavy (non-hydrogen) atoms. The van der Waals surface area contributed by atoms with Crippen molar-refractivity contribution in [3.05, 3.63) is 70.8 Å². The third-order valence-electron chi connectivity index (χ3n) is 5.10. The van der Waals surface area contributed by atoms with E-state index in [4.69, 9.17) is 0 Å². The molecule has 0 spiro atoms. The summed E-state index contributed by atoms with van der Waals surface area (Å²) in [5, 5.41) is 9.99. The number of likely N-dealkylation sites (tertiary alicyclic amines) is 1. The summed E-state index contributed by atoms with van der Waals surface area (Å²) in [6.45, 7) is 0.0368. The number of halogens is 6. The number of amides is 1. The molecule has 1 heterocycles. The molecule has 1 N–H and O–H groups in total. The monoisotopic (exact) mass is 431 g/mol. The minimum atomic E-state index is -5.03. The van der Waals surface area contributed by atoms with Crippen LogP contribution >= 0.6 is 0 Å². The van der Waals surface area contributed by atoms with Gasteiger partial charge in [-0.15, -0.1) is 0 Å². The van der Waals surface area contributed by atoms with Gasteiger partial charge in [0.05, 0.1) is 17.2 Å². The van der Waals surface area contributed by atoms with Crippen molar-refractivity contribution in [3.63, 3.8) is 0 Å². The molecule has 2 atom stereocenters. The van der Waals surface area contributed by atoms with Crippen LogP contribution in [0.1, 0.15) is 39.9 Å². The fourth-order valence-electron chi connectivity index (χ4n) is 3.62. The zero-order chi connectivity index (χ0) is 22.1. The maximum atomic E-state index is 13.1. The highest BCUT2D eigenvalue weighted by atomic mass is 19.4. The molecule has 0 aliphatic carbocycles. The third-order valence-corrected chi connectivity index (χ3v) is 5.10. The van der Waals surface area contributed by atoms with Crippen LogP contribution in [0.15, 0.2) is 48.5 Å². The molecule has 2 unspecified atom stereocenters. The molecule has 0 aromatic heterocycles. The van der Waals surface area contributed by atoms with E-state index in [1.807, 2.05) is 0 Å². The van der Waals surface area contributed by atoms with E-state index in [-0.39, 0.29) is 25.5 Å². The van der Waals surface area contributed by atoms with Gasteiger partial charge >= 0.3 is 12.4 Å². The number of hydrogen-bond acceptors (Lipinski definition) is 2. The molecule has 1 aliphatic rings. The second-order valence-corrected chi connectivity index (χ2v) is 7.31. The van der Waals surface area contributed by atoms with Gasteiger partial charge < -0.3 is 10.0 Å². The van der Waals surface area contributed by atoms with Crippen LogP contribution in [-0.4, -0.2) is 34.6 Å². The lowest BCUT2D eigenvalue weighted by atomic mass is 9.92. The van der Waals surface area contributed by atoms with Crippen molar-refractivity contribution < 1.29 is 36.2 Å². The lowest BCUT2D eigenvalue weighted by Gasteiger charge is -2.38. The van der Waals surface area contributed by atoms with Crippen molar-refractivity contribution >= 4 is 5.91 Å². The van der Waals surface area contributed by atoms with Crippen LogP contribution in [0.25, 0.3) is 0 Å². The molecule has 162 valence electrons. The normalized spacial score (nSPS) is 20.3. The molecule has 2 aromatic rings. The zero-order valence-electron chi connectivity index (χ0n) is 15.7. The quantitative estimate of drug-likeness (QED) is 0.700. The number of piperidine rings is 1. The van der Waals surface area contributed by atoms with Gasteiger partial charge in [-0.3, -0.25) is 4.79 Å². The summed E-state index contributed by atoms with van der Waals surface area (Å²) in [7, 11) is 0. The number of rotatable bonds is 3. The average molecular weight is 431 g/mol. The Morgan fingerprint density at radius 1 is 0.967 bits per heavy atom. The number of nitrogens with zero attached hydrogens (tertiary/aromatic N) is 1. The van der Waals surface area contributed by atoms with Crippen molar-refractivity contribution in [3.8, 4) is 0 Å². The van der Waals surface area contributed by atoms with Gasteiger partial charge in [0, 0.05) is 18.2 Å². The van der Waals surface area contributed by atoms with E-state index in [1.165, 1.54) is 4.90 Å². The Bertz CT molecular complexity index is 862. The lowest BCUT2D eigenvalue weighted by molar-refractivity contribution is -0.143. The van der Waals surface area contributed by atoms with Gasteiger partial charge in [-0.2, -0.15) is 26.3 Å². The summed E-state index contributed by atoms with van der Waals surface area (Å²) >= 11 is 0. The molecule has 1 aliphatic heterocycles. The molecule has 1 fully saturated rings. The fourth-order valence-corrected chi connectivity index (χ4v) is 3.62. The van der Waals surface area contributed by atoms with E-state index in [2.05, 4.69) is 0 Å². The summed E-state index contributed by atoms with van der Waals surface area (Å²) in [5.41, 5.74) is -2.89. The third kappa shape index (κ3) is 5.13. The second-order valence-electron chi connectivity index (χ2n) is 7.31. The minimum Gasteiger partial charge on any atom is -0.393 e. The molecule has 3 nitrogen and oxygen atoms in total. The summed E-state index contributed by atoms with van der Waals surface area (Å²) in [6.07, 6.45) is -10.0. The zero-order valence-corrected chi connectivity index (χ0v) is 15.7. The molecule has 1 amide bonds. The van der Waals surface area contributed by atoms with Crippen molar-refractivity contribution in [2.45, 2.75) is 43.8 Å². The Hall–Kier alpha value is -2.55. The van der Waals surface area contributed by atoms with Crippen LogP contribution in [0.2, 0.25) is 0 Å². The van der Waals surface area contributed by atoms with Gasteiger partial charge in [-0.25, -0.2) is 0 Å². The van der Waals surface area contributed by atoms with Crippen LogP contribution in [0.4, 0.5) is 26.3 Å². The first-order chi connectivity index (χ1) is 13.9. The van der Waals surface area contributed by atoms with Crippen LogP contribution in [0.5, 0.6) is 0 Å². The van der Waals surface area contributed by atoms with Crippen LogP contribution < -0.4 is 0 Å². The highest BCUT2D eigenvalue weighted by Crippen LogP contribution is 2.37. The molecule has 0 saturated carbocycles. The summed E-state index contributed by atoms with van der Waals surface area (Å²) < 4.78 is 78.8. The predicted molar refractivity (Wildman–Crippen MR) is 96.7 cm³/mol. The number of aliphatic hydroxyl groups is 1. The highest BCUT2D eigenvalue weighted by Gasteiger charge is 2.39. The number of hydrogen-bond donors (Lipinski definition) is 1. The summed E-state index contributed by atoms with van der Waals surface area (Å²) in [6, 6.07) is 9.30. The first kappa shape index (κ1) is 22.1. The van der Waals surface area contributed by atoms with Gasteiger partial charge in [-0.1, -0.05) is 30.3 Å². The minimum absolute atomic E-state index is 0.00180. The van der Waals surface area contributed by atoms with Crippen LogP contribution in [-0.2, 0) is 18.8 Å². The number of carbonyl (C=O) groups is 1. The van der Waals surface area contributed by atoms with Crippen LogP contribution in [0, 0.1) is 0 Å². The van der Waals surface area contributed by atoms with E-state index >= 15 is 0 Å². The topological polar surface area (TPSA) is 40.5 Å². The van der Waals surface area contributed by atoms with E-state index in [0.29, 0.717) is 18.6 Å². The maximum Gasteiger partial charge on any atom is 0.416 e.